The minimum atomic E-state index is 0.395. The van der Waals surface area contributed by atoms with Crippen LogP contribution in [0.3, 0.4) is 0 Å². The van der Waals surface area contributed by atoms with Gasteiger partial charge in [-0.05, 0) is 36.5 Å². The quantitative estimate of drug-likeness (QED) is 0.574. The third kappa shape index (κ3) is 0.898. The Morgan fingerprint density at radius 3 is 3.33 bits per heavy atom. The number of fused-ring (bicyclic) bond motifs is 2. The molecule has 0 spiro atoms. The first kappa shape index (κ1) is 6.92. The molecule has 2 nitrogen and oxygen atoms in total. The minimum absolute atomic E-state index is 0.395. The molecule has 0 aromatic carbocycles. The molecule has 0 radical (unpaired) electrons. The Kier molecular flexibility index (Phi) is 1.43. The lowest BCUT2D eigenvalue weighted by atomic mass is 9.96. The molecule has 1 unspecified atom stereocenters. The average molecular weight is 178 g/mol. The molecule has 1 heterocycles. The number of nitrogens with zero attached hydrogens (tertiary/aromatic N) is 1. The molecule has 1 aliphatic heterocycles. The number of hydrogen-bond acceptors (Lipinski definition) is 3. The molecular weight excluding hydrogens is 168 g/mol. The van der Waals surface area contributed by atoms with Gasteiger partial charge in [-0.1, -0.05) is 6.08 Å². The highest BCUT2D eigenvalue weighted by Gasteiger charge is 2.26. The topological polar surface area (TPSA) is 24.4 Å². The van der Waals surface area contributed by atoms with E-state index in [-0.39, 0.29) is 0 Å². The van der Waals surface area contributed by atoms with E-state index in [4.69, 9.17) is 0 Å². The molecule has 3 aliphatic rings. The van der Waals surface area contributed by atoms with Gasteiger partial charge in [-0.25, -0.2) is 9.12 Å². The van der Waals surface area contributed by atoms with E-state index in [0.29, 0.717) is 6.04 Å². The fourth-order valence-corrected chi connectivity index (χ4v) is 2.64. The maximum absolute atomic E-state index is 4.32. The first-order valence-electron chi connectivity index (χ1n) is 4.34. The van der Waals surface area contributed by atoms with Crippen LogP contribution >= 0.6 is 12.1 Å². The second kappa shape index (κ2) is 2.47. The van der Waals surface area contributed by atoms with Crippen LogP contribution in [0.15, 0.2) is 27.7 Å². The lowest BCUT2D eigenvalue weighted by molar-refractivity contribution is 0.928. The Hall–Kier alpha value is -0.540. The zero-order chi connectivity index (χ0) is 7.97. The highest BCUT2D eigenvalue weighted by atomic mass is 32.2. The summed E-state index contributed by atoms with van der Waals surface area (Å²) < 4.78 is 7.58. The summed E-state index contributed by atoms with van der Waals surface area (Å²) in [4.78, 5) is 0. The third-order valence-corrected chi connectivity index (χ3v) is 3.31. The van der Waals surface area contributed by atoms with Crippen molar-refractivity contribution < 1.29 is 0 Å². The van der Waals surface area contributed by atoms with Crippen molar-refractivity contribution in [2.75, 3.05) is 0 Å². The van der Waals surface area contributed by atoms with Crippen LogP contribution in [0.4, 0.5) is 0 Å². The Morgan fingerprint density at radius 2 is 2.33 bits per heavy atom. The fourth-order valence-electron chi connectivity index (χ4n) is 2.01. The summed E-state index contributed by atoms with van der Waals surface area (Å²) in [7, 11) is 0. The monoisotopic (exact) mass is 178 g/mol. The van der Waals surface area contributed by atoms with Crippen LogP contribution in [-0.4, -0.2) is 11.8 Å². The van der Waals surface area contributed by atoms with E-state index in [1.54, 1.807) is 5.57 Å². The van der Waals surface area contributed by atoms with Crippen LogP contribution in [-0.2, 0) is 0 Å². The molecule has 2 aliphatic carbocycles. The molecule has 0 saturated heterocycles. The predicted molar refractivity (Wildman–Crippen MR) is 52.0 cm³/mol. The largest absolute Gasteiger partial charge is 0.231 e. The van der Waals surface area contributed by atoms with Crippen LogP contribution in [0, 0.1) is 0 Å². The Morgan fingerprint density at radius 1 is 1.42 bits per heavy atom. The molecule has 3 heteroatoms. The zero-order valence-electron chi connectivity index (χ0n) is 6.71. The summed E-state index contributed by atoms with van der Waals surface area (Å²) in [5.41, 5.74) is 4.28. The van der Waals surface area contributed by atoms with Crippen molar-refractivity contribution in [1.29, 1.82) is 0 Å². The molecule has 1 atom stereocenters. The normalized spacial score (nSPS) is 32.0. The lowest BCUT2D eigenvalue weighted by Gasteiger charge is -2.13. The average Bonchev–Trinajstić information content (AvgIpc) is 2.64. The van der Waals surface area contributed by atoms with Gasteiger partial charge in [0.25, 0.3) is 0 Å². The first-order valence-corrected chi connectivity index (χ1v) is 5.12. The van der Waals surface area contributed by atoms with Gasteiger partial charge in [0.15, 0.2) is 0 Å². The highest BCUT2D eigenvalue weighted by molar-refractivity contribution is 7.96. The molecule has 1 saturated carbocycles. The predicted octanol–water partition coefficient (Wildman–Crippen LogP) is 2.01. The van der Waals surface area contributed by atoms with Gasteiger partial charge in [0.1, 0.15) is 0 Å². The molecule has 3 rings (SSSR count). The molecule has 12 heavy (non-hydrogen) atoms. The van der Waals surface area contributed by atoms with Crippen molar-refractivity contribution in [2.24, 2.45) is 4.40 Å². The van der Waals surface area contributed by atoms with Crippen molar-refractivity contribution >= 4 is 17.8 Å². The first-order chi connectivity index (χ1) is 5.93. The molecule has 0 amide bonds. The number of hydrogen-bond donors (Lipinski definition) is 1. The standard InChI is InChI=1S/C9H10N2S/c1-2-6-4-8-9(11-12-10-8)5-7(6)3-1/h4-5,8,10H,1-3H2. The van der Waals surface area contributed by atoms with Gasteiger partial charge in [-0.3, -0.25) is 0 Å². The maximum Gasteiger partial charge on any atom is 0.0804 e. The minimum Gasteiger partial charge on any atom is -0.231 e. The van der Waals surface area contributed by atoms with E-state index in [1.165, 1.54) is 42.7 Å². The summed E-state index contributed by atoms with van der Waals surface area (Å²) in [5.74, 6) is 0. The molecule has 62 valence electrons. The molecule has 0 aromatic heterocycles. The number of nitrogens with one attached hydrogen (secondary N) is 1. The van der Waals surface area contributed by atoms with Crippen LogP contribution in [0.2, 0.25) is 0 Å². The Bertz CT molecular complexity index is 314. The van der Waals surface area contributed by atoms with Gasteiger partial charge in [-0.15, -0.1) is 0 Å². The van der Waals surface area contributed by atoms with Gasteiger partial charge in [0.2, 0.25) is 0 Å². The van der Waals surface area contributed by atoms with Crippen molar-refractivity contribution in [1.82, 2.24) is 4.72 Å². The number of rotatable bonds is 0. The van der Waals surface area contributed by atoms with Crippen LogP contribution in [0.25, 0.3) is 0 Å². The molecular formula is C9H10N2S. The summed E-state index contributed by atoms with van der Waals surface area (Å²) in [6.45, 7) is 0. The van der Waals surface area contributed by atoms with Crippen LogP contribution in [0.5, 0.6) is 0 Å². The molecule has 0 aromatic rings. The fraction of sp³-hybridized carbons (Fsp3) is 0.444. The van der Waals surface area contributed by atoms with E-state index in [1.807, 2.05) is 0 Å². The summed E-state index contributed by atoms with van der Waals surface area (Å²) in [5, 5.41) is 0. The van der Waals surface area contributed by atoms with Crippen LogP contribution < -0.4 is 4.72 Å². The molecule has 0 bridgehead atoms. The number of allylic oxidation sites excluding steroid dienone is 2. The van der Waals surface area contributed by atoms with E-state index in [0.717, 1.165) is 0 Å². The summed E-state index contributed by atoms with van der Waals surface area (Å²) >= 11 is 1.47. The van der Waals surface area contributed by atoms with Crippen molar-refractivity contribution in [3.05, 3.63) is 23.3 Å². The van der Waals surface area contributed by atoms with E-state index >= 15 is 0 Å². The zero-order valence-corrected chi connectivity index (χ0v) is 7.53. The van der Waals surface area contributed by atoms with Gasteiger partial charge in [0.05, 0.1) is 23.9 Å². The van der Waals surface area contributed by atoms with Crippen molar-refractivity contribution in [3.8, 4) is 0 Å². The maximum atomic E-state index is 4.32. The van der Waals surface area contributed by atoms with Crippen molar-refractivity contribution in [3.63, 3.8) is 0 Å². The van der Waals surface area contributed by atoms with Crippen molar-refractivity contribution in [2.45, 2.75) is 25.3 Å². The third-order valence-electron chi connectivity index (χ3n) is 2.64. The van der Waals surface area contributed by atoms with Crippen LogP contribution in [0.1, 0.15) is 19.3 Å². The van der Waals surface area contributed by atoms with Gasteiger partial charge in [-0.2, -0.15) is 0 Å². The van der Waals surface area contributed by atoms with Gasteiger partial charge < -0.3 is 0 Å². The summed E-state index contributed by atoms with van der Waals surface area (Å²) in [6, 6.07) is 0.395. The Balaban J connectivity index is 2.05. The molecule has 1 N–H and O–H groups in total. The van der Waals surface area contributed by atoms with E-state index in [2.05, 4.69) is 21.3 Å². The highest BCUT2D eigenvalue weighted by Crippen LogP contribution is 2.35. The van der Waals surface area contributed by atoms with Gasteiger partial charge in [0, 0.05) is 0 Å². The van der Waals surface area contributed by atoms with Gasteiger partial charge >= 0.3 is 0 Å². The SMILES string of the molecule is C1=C2CCCC2=CC2NSN=C12. The lowest BCUT2D eigenvalue weighted by Crippen LogP contribution is -2.26. The second-order valence-corrected chi connectivity index (χ2v) is 4.02. The van der Waals surface area contributed by atoms with E-state index < -0.39 is 0 Å². The summed E-state index contributed by atoms with van der Waals surface area (Å²) in [6.07, 6.45) is 8.44. The molecule has 1 fully saturated rings. The smallest absolute Gasteiger partial charge is 0.0804 e. The van der Waals surface area contributed by atoms with E-state index in [9.17, 15) is 0 Å². The second-order valence-electron chi connectivity index (χ2n) is 3.42. The Labute approximate surface area is 76.1 Å².